The van der Waals surface area contributed by atoms with E-state index in [-0.39, 0.29) is 101 Å². The minimum Gasteiger partial charge on any atom is -0.480 e. The number of aromatic amines is 2. The minimum atomic E-state index is -1.44. The van der Waals surface area contributed by atoms with E-state index in [4.69, 9.17) is 17.2 Å². The number of carbonyl (C=O) groups is 9. The third-order valence-corrected chi connectivity index (χ3v) is 15.3. The number of nitrogens with one attached hydrogen (secondary N) is 9. The van der Waals surface area contributed by atoms with E-state index in [0.29, 0.717) is 23.2 Å². The van der Waals surface area contributed by atoms with E-state index in [2.05, 4.69) is 57.2 Å². The minimum absolute atomic E-state index is 0.0153. The number of carbonyl (C=O) groups excluding carboxylic acids is 8. The van der Waals surface area contributed by atoms with Crippen molar-refractivity contribution in [1.29, 1.82) is 0 Å². The van der Waals surface area contributed by atoms with E-state index in [1.165, 1.54) is 17.4 Å². The molecule has 0 bridgehead atoms. The molecule has 3 aromatic carbocycles. The molecule has 0 aliphatic carbocycles. The van der Waals surface area contributed by atoms with Crippen molar-refractivity contribution in [3.05, 3.63) is 126 Å². The first kappa shape index (κ1) is 69.0. The van der Waals surface area contributed by atoms with Crippen LogP contribution in [0.25, 0.3) is 10.9 Å². The first-order valence-corrected chi connectivity index (χ1v) is 30.5. The van der Waals surface area contributed by atoms with Crippen molar-refractivity contribution in [2.24, 2.45) is 39.9 Å². The number of hydrogen-bond donors (Lipinski definition) is 13. The van der Waals surface area contributed by atoms with Crippen LogP contribution >= 0.6 is 0 Å². The Hall–Kier alpha value is -9.13. The molecule has 25 heteroatoms. The van der Waals surface area contributed by atoms with Crippen LogP contribution in [0.15, 0.2) is 109 Å². The highest BCUT2D eigenvalue weighted by molar-refractivity contribution is 5.99. The van der Waals surface area contributed by atoms with E-state index in [1.54, 1.807) is 36.5 Å². The van der Waals surface area contributed by atoms with Crippen LogP contribution in [0.4, 0.5) is 0 Å². The maximum Gasteiger partial charge on any atom is 0.326 e. The summed E-state index contributed by atoms with van der Waals surface area (Å²) in [5.41, 5.74) is 21.0. The van der Waals surface area contributed by atoms with Crippen molar-refractivity contribution in [3.63, 3.8) is 0 Å². The molecule has 0 spiro atoms. The third-order valence-electron chi connectivity index (χ3n) is 15.3. The molecular formula is C64H89N15O10. The van der Waals surface area contributed by atoms with Crippen LogP contribution in [0.2, 0.25) is 0 Å². The number of carboxylic acids is 1. The summed E-state index contributed by atoms with van der Waals surface area (Å²) < 4.78 is 0. The zero-order valence-electron chi connectivity index (χ0n) is 51.6. The fourth-order valence-electron chi connectivity index (χ4n) is 10.8. The third kappa shape index (κ3) is 21.6. The lowest BCUT2D eigenvalue weighted by Gasteiger charge is -2.31. The number of aliphatic imine (C=N–C) groups is 1. The van der Waals surface area contributed by atoms with Gasteiger partial charge in [0.15, 0.2) is 5.96 Å². The number of likely N-dealkylation sites (tertiary alicyclic amines) is 1. The molecule has 2 aromatic heterocycles. The van der Waals surface area contributed by atoms with Crippen LogP contribution < -0.4 is 54.4 Å². The average molecular weight is 1230 g/mol. The number of carboxylic acid groups (broad SMARTS) is 1. The SMILES string of the molecule is CC(C)C[C@H](NC(=O)[C@H](Cc1ccccc1)NC(=O)[C@H](CC(C)C)NC(=O)[C@H](CCCN=C(N)N)NC(=O)[C@H](Cc1cnc[nH]1)NC(=O)[C@H](Cc1c[nH]c2ccccc12)NC(=O)[C@@H]1CCCN1C(=O)[C@H](CC(C)C)NC(=O)[C@@H](N)Cc1ccccc1)C(=O)O. The molecule has 0 radical (unpaired) electrons. The molecule has 0 saturated carbocycles. The predicted molar refractivity (Wildman–Crippen MR) is 337 cm³/mol. The molecule has 16 N–H and O–H groups in total. The Morgan fingerprint density at radius 2 is 1.10 bits per heavy atom. The first-order valence-electron chi connectivity index (χ1n) is 30.5. The van der Waals surface area contributed by atoms with Crippen molar-refractivity contribution in [1.82, 2.24) is 57.1 Å². The number of aliphatic carboxylic acids is 1. The number of nitrogens with two attached hydrogens (primary N) is 3. The van der Waals surface area contributed by atoms with Crippen molar-refractivity contribution in [2.75, 3.05) is 13.1 Å². The Kier molecular flexibility index (Phi) is 26.2. The highest BCUT2D eigenvalue weighted by Gasteiger charge is 2.41. The number of rotatable bonds is 34. The zero-order chi connectivity index (χ0) is 64.7. The average Bonchev–Trinajstić information content (AvgIpc) is 1.98. The quantitative estimate of drug-likeness (QED) is 0.0160. The second-order valence-electron chi connectivity index (χ2n) is 24.1. The Morgan fingerprint density at radius 3 is 1.70 bits per heavy atom. The number of H-pyrrole nitrogens is 2. The van der Waals surface area contributed by atoms with Gasteiger partial charge in [0.05, 0.1) is 12.4 Å². The molecule has 1 aliphatic rings. The number of imidazole rings is 1. The van der Waals surface area contributed by atoms with Gasteiger partial charge < -0.3 is 74.4 Å². The van der Waals surface area contributed by atoms with Crippen LogP contribution in [0, 0.1) is 17.8 Å². The normalized spacial score (nSPS) is 15.8. The summed E-state index contributed by atoms with van der Waals surface area (Å²) >= 11 is 0. The standard InChI is InChI=1S/C64H89N15O10/c1-37(2)27-48(57(82)74-49(31-41-19-11-8-12-20-41)58(83)78-53(63(88)89)29-39(5)6)73-56(81)47(23-15-25-69-64(66)67)72-60(85)51(33-43-35-68-36-71-43)75-59(84)50(32-42-34-70-46-22-14-13-21-44(42)46)76-61(86)54-24-16-26-79(54)62(87)52(28-38(3)4)77-55(80)45(65)30-40-17-9-7-10-18-40/h7-14,17-22,34-39,45,47-54,70H,15-16,23-33,65H2,1-6H3,(H,68,71)(H,72,85)(H,73,81)(H,74,82)(H,75,84)(H,76,86)(H,77,80)(H,78,83)(H,88,89)(H4,66,67,69)/t45-,47-,48-,49-,50-,51-,52-,53-,54-/m0/s1. The van der Waals surface area contributed by atoms with Crippen LogP contribution in [0.5, 0.6) is 0 Å². The molecule has 6 rings (SSSR count). The summed E-state index contributed by atoms with van der Waals surface area (Å²) in [5.74, 6) is -7.30. The number of guanidine groups is 1. The first-order chi connectivity index (χ1) is 42.4. The molecule has 3 heterocycles. The van der Waals surface area contributed by atoms with Gasteiger partial charge in [-0.1, -0.05) is 120 Å². The van der Waals surface area contributed by atoms with E-state index in [9.17, 15) is 43.5 Å². The molecule has 1 fully saturated rings. The molecule has 1 saturated heterocycles. The van der Waals surface area contributed by atoms with Gasteiger partial charge in [0.25, 0.3) is 0 Å². The highest BCUT2D eigenvalue weighted by atomic mass is 16.4. The van der Waals surface area contributed by atoms with Crippen molar-refractivity contribution < 1.29 is 48.3 Å². The Morgan fingerprint density at radius 1 is 0.596 bits per heavy atom. The topological polar surface area (TPSA) is 396 Å². The summed E-state index contributed by atoms with van der Waals surface area (Å²) in [4.78, 5) is 144. The smallest absolute Gasteiger partial charge is 0.326 e. The van der Waals surface area contributed by atoms with Gasteiger partial charge in [-0.15, -0.1) is 0 Å². The number of benzene rings is 3. The van der Waals surface area contributed by atoms with E-state index in [0.717, 1.165) is 16.5 Å². The Labute approximate surface area is 519 Å². The maximum atomic E-state index is 15.1. The number of aromatic nitrogens is 3. The number of nitrogens with zero attached hydrogens (tertiary/aromatic N) is 3. The van der Waals surface area contributed by atoms with Gasteiger partial charge in [0, 0.05) is 61.3 Å². The molecule has 8 amide bonds. The van der Waals surface area contributed by atoms with Crippen LogP contribution in [0.3, 0.4) is 0 Å². The molecule has 480 valence electrons. The molecule has 9 atom stereocenters. The number of amides is 8. The van der Waals surface area contributed by atoms with Gasteiger partial charge >= 0.3 is 5.97 Å². The molecular weight excluding hydrogens is 1140 g/mol. The largest absolute Gasteiger partial charge is 0.480 e. The van der Waals surface area contributed by atoms with Gasteiger partial charge in [-0.2, -0.15) is 0 Å². The monoisotopic (exact) mass is 1230 g/mol. The second-order valence-corrected chi connectivity index (χ2v) is 24.1. The van der Waals surface area contributed by atoms with Gasteiger partial charge in [-0.3, -0.25) is 43.3 Å². The molecule has 25 nitrogen and oxygen atoms in total. The summed E-state index contributed by atoms with van der Waals surface area (Å²) in [7, 11) is 0. The van der Waals surface area contributed by atoms with Crippen molar-refractivity contribution in [2.45, 2.75) is 167 Å². The van der Waals surface area contributed by atoms with Gasteiger partial charge in [0.2, 0.25) is 47.3 Å². The van der Waals surface area contributed by atoms with Crippen molar-refractivity contribution >= 4 is 70.1 Å². The highest BCUT2D eigenvalue weighted by Crippen LogP contribution is 2.24. The summed E-state index contributed by atoms with van der Waals surface area (Å²) in [6.07, 6.45) is 5.79. The Bertz CT molecular complexity index is 3190. The number of fused-ring (bicyclic) bond motifs is 1. The van der Waals surface area contributed by atoms with E-state index in [1.807, 2.05) is 96.1 Å². The summed E-state index contributed by atoms with van der Waals surface area (Å²) in [5, 5.41) is 30.3. The lowest BCUT2D eigenvalue weighted by Crippen LogP contribution is -2.61. The maximum absolute atomic E-state index is 15.1. The molecule has 0 unspecified atom stereocenters. The summed E-state index contributed by atoms with van der Waals surface area (Å²) in [6.45, 7) is 11.4. The van der Waals surface area contributed by atoms with Crippen LogP contribution in [0.1, 0.15) is 109 Å². The lowest BCUT2D eigenvalue weighted by atomic mass is 9.99. The molecule has 89 heavy (non-hydrogen) atoms. The summed E-state index contributed by atoms with van der Waals surface area (Å²) in [6, 6.07) is 14.5. The predicted octanol–water partition coefficient (Wildman–Crippen LogP) is 2.15. The fraction of sp³-hybridized carbons (Fsp3) is 0.484. The van der Waals surface area contributed by atoms with E-state index >= 15 is 4.79 Å². The second kappa shape index (κ2) is 33.8. The van der Waals surface area contributed by atoms with Crippen LogP contribution in [-0.2, 0) is 68.8 Å². The van der Waals surface area contributed by atoms with Gasteiger partial charge in [-0.25, -0.2) is 9.78 Å². The fourth-order valence-corrected chi connectivity index (χ4v) is 10.8. The van der Waals surface area contributed by atoms with E-state index < -0.39 is 108 Å². The molecule has 1 aliphatic heterocycles. The van der Waals surface area contributed by atoms with Crippen molar-refractivity contribution in [3.8, 4) is 0 Å². The lowest BCUT2D eigenvalue weighted by molar-refractivity contribution is -0.143. The zero-order valence-corrected chi connectivity index (χ0v) is 51.6. The van der Waals surface area contributed by atoms with Gasteiger partial charge in [0.1, 0.15) is 48.3 Å². The number of hydrogen-bond acceptors (Lipinski definition) is 12. The van der Waals surface area contributed by atoms with Gasteiger partial charge in [-0.05, 0) is 91.9 Å². The number of para-hydroxylation sites is 1. The molecule has 5 aromatic rings. The Balaban J connectivity index is 1.26. The van der Waals surface area contributed by atoms with Crippen LogP contribution in [-0.4, -0.2) is 152 Å².